The minimum absolute atomic E-state index is 0.283. The molecule has 0 aliphatic carbocycles. The summed E-state index contributed by atoms with van der Waals surface area (Å²) in [7, 11) is -3.58. The molecule has 1 unspecified atom stereocenters. The first-order valence-corrected chi connectivity index (χ1v) is 12.7. The average Bonchev–Trinajstić information content (AvgIpc) is 3.44. The van der Waals surface area contributed by atoms with E-state index in [0.717, 1.165) is 60.7 Å². The molecule has 0 radical (unpaired) electrons. The van der Waals surface area contributed by atoms with Gasteiger partial charge in [0.1, 0.15) is 5.82 Å². The van der Waals surface area contributed by atoms with Gasteiger partial charge in [-0.25, -0.2) is 17.5 Å². The Morgan fingerprint density at radius 2 is 1.94 bits per heavy atom. The van der Waals surface area contributed by atoms with E-state index >= 15 is 0 Å². The predicted octanol–water partition coefficient (Wildman–Crippen LogP) is 4.35. The molecule has 1 aliphatic heterocycles. The van der Waals surface area contributed by atoms with Crippen LogP contribution in [0, 0.1) is 11.7 Å². The Hall–Kier alpha value is -2.81. The van der Waals surface area contributed by atoms with Crippen molar-refractivity contribution in [1.29, 1.82) is 0 Å². The second-order valence-corrected chi connectivity index (χ2v) is 10.4. The van der Waals surface area contributed by atoms with Crippen LogP contribution in [0.1, 0.15) is 18.5 Å². The summed E-state index contributed by atoms with van der Waals surface area (Å²) in [5.74, 6) is -0.0463. The second kappa shape index (κ2) is 9.21. The number of nitrogens with one attached hydrogen (secondary N) is 1. The first kappa shape index (κ1) is 22.0. The predicted molar refractivity (Wildman–Crippen MR) is 126 cm³/mol. The molecular formula is C25H26FN3O3S. The standard InChI is InChI=1S/C25H26FN3O3S/c26-20-10-11-22-23(28-32-24(22)15-20)8-4-13-29-14-12-18(17-29)16-27-33(30,31)25-9-3-6-19-5-1-2-7-21(19)25/h1-3,5-7,9-11,15,18,27H,4,8,12-14,16-17H2. The van der Waals surface area contributed by atoms with E-state index in [0.29, 0.717) is 17.0 Å². The van der Waals surface area contributed by atoms with Crippen LogP contribution < -0.4 is 4.72 Å². The van der Waals surface area contributed by atoms with E-state index in [-0.39, 0.29) is 11.7 Å². The van der Waals surface area contributed by atoms with Gasteiger partial charge in [-0.1, -0.05) is 41.6 Å². The molecule has 8 heteroatoms. The second-order valence-electron chi connectivity index (χ2n) is 8.66. The van der Waals surface area contributed by atoms with Gasteiger partial charge < -0.3 is 9.42 Å². The monoisotopic (exact) mass is 467 g/mol. The van der Waals surface area contributed by atoms with Crippen molar-refractivity contribution < 1.29 is 17.3 Å². The van der Waals surface area contributed by atoms with Crippen molar-refractivity contribution in [2.45, 2.75) is 24.2 Å². The van der Waals surface area contributed by atoms with Gasteiger partial charge >= 0.3 is 0 Å². The molecule has 1 atom stereocenters. The van der Waals surface area contributed by atoms with Crippen LogP contribution in [0.25, 0.3) is 21.7 Å². The summed E-state index contributed by atoms with van der Waals surface area (Å²) in [6.07, 6.45) is 2.63. The molecular weight excluding hydrogens is 441 g/mol. The van der Waals surface area contributed by atoms with Gasteiger partial charge in [0.15, 0.2) is 5.58 Å². The summed E-state index contributed by atoms with van der Waals surface area (Å²) in [5, 5.41) is 6.60. The van der Waals surface area contributed by atoms with E-state index in [1.54, 1.807) is 18.2 Å². The molecule has 0 saturated carbocycles. The Kier molecular flexibility index (Phi) is 6.14. The molecule has 2 heterocycles. The van der Waals surface area contributed by atoms with E-state index in [9.17, 15) is 12.8 Å². The first-order chi connectivity index (χ1) is 16.0. The van der Waals surface area contributed by atoms with Crippen LogP contribution >= 0.6 is 0 Å². The molecule has 1 aromatic heterocycles. The van der Waals surface area contributed by atoms with Crippen LogP contribution in [0.5, 0.6) is 0 Å². The van der Waals surface area contributed by atoms with Crippen molar-refractivity contribution in [3.63, 3.8) is 0 Å². The van der Waals surface area contributed by atoms with E-state index in [2.05, 4.69) is 14.8 Å². The van der Waals surface area contributed by atoms with Crippen LogP contribution in [0.4, 0.5) is 4.39 Å². The lowest BCUT2D eigenvalue weighted by Gasteiger charge is -2.16. The number of nitrogens with zero attached hydrogens (tertiary/aromatic N) is 2. The molecule has 1 fully saturated rings. The molecule has 4 aromatic rings. The summed E-state index contributed by atoms with van der Waals surface area (Å²) in [6, 6.07) is 17.4. The number of aromatic nitrogens is 1. The molecule has 6 nitrogen and oxygen atoms in total. The topological polar surface area (TPSA) is 75.4 Å². The molecule has 33 heavy (non-hydrogen) atoms. The number of rotatable bonds is 8. The zero-order valence-corrected chi connectivity index (χ0v) is 19.0. The van der Waals surface area contributed by atoms with Gasteiger partial charge in [0.2, 0.25) is 10.0 Å². The summed E-state index contributed by atoms with van der Waals surface area (Å²) in [6.45, 7) is 3.15. The van der Waals surface area contributed by atoms with Crippen LogP contribution in [-0.4, -0.2) is 44.7 Å². The fourth-order valence-corrected chi connectivity index (χ4v) is 5.98. The number of sulfonamides is 1. The number of hydrogen-bond donors (Lipinski definition) is 1. The number of hydrogen-bond acceptors (Lipinski definition) is 5. The summed E-state index contributed by atoms with van der Waals surface area (Å²) in [5.41, 5.74) is 1.33. The van der Waals surface area contributed by atoms with Crippen molar-refractivity contribution in [3.05, 3.63) is 72.2 Å². The highest BCUT2D eigenvalue weighted by Crippen LogP contribution is 2.24. The molecule has 1 N–H and O–H groups in total. The minimum Gasteiger partial charge on any atom is -0.356 e. The number of aryl methyl sites for hydroxylation is 1. The third-order valence-electron chi connectivity index (χ3n) is 6.37. The van der Waals surface area contributed by atoms with E-state index in [1.807, 2.05) is 30.3 Å². The Bertz CT molecular complexity index is 1380. The zero-order valence-electron chi connectivity index (χ0n) is 18.2. The van der Waals surface area contributed by atoms with Gasteiger partial charge in [-0.3, -0.25) is 0 Å². The normalized spacial score (nSPS) is 17.3. The van der Waals surface area contributed by atoms with Crippen molar-refractivity contribution in [1.82, 2.24) is 14.8 Å². The number of halogens is 1. The fourth-order valence-electron chi connectivity index (χ4n) is 4.63. The molecule has 0 amide bonds. The van der Waals surface area contributed by atoms with Gasteiger partial charge in [0.05, 0.1) is 10.6 Å². The largest absolute Gasteiger partial charge is 0.356 e. The minimum atomic E-state index is -3.58. The lowest BCUT2D eigenvalue weighted by molar-refractivity contribution is 0.318. The molecule has 1 aliphatic rings. The summed E-state index contributed by atoms with van der Waals surface area (Å²) in [4.78, 5) is 2.69. The molecule has 3 aromatic carbocycles. The van der Waals surface area contributed by atoms with Crippen LogP contribution in [0.3, 0.4) is 0 Å². The van der Waals surface area contributed by atoms with Crippen LogP contribution in [-0.2, 0) is 16.4 Å². The lowest BCUT2D eigenvalue weighted by Crippen LogP contribution is -2.31. The van der Waals surface area contributed by atoms with Crippen LogP contribution in [0.15, 0.2) is 70.1 Å². The molecule has 0 spiro atoms. The molecule has 1 saturated heterocycles. The maximum atomic E-state index is 13.3. The first-order valence-electron chi connectivity index (χ1n) is 11.2. The number of fused-ring (bicyclic) bond motifs is 2. The quantitative estimate of drug-likeness (QED) is 0.417. The fraction of sp³-hybridized carbons (Fsp3) is 0.320. The molecule has 5 rings (SSSR count). The van der Waals surface area contributed by atoms with Crippen molar-refractivity contribution in [2.24, 2.45) is 5.92 Å². The van der Waals surface area contributed by atoms with Gasteiger partial charge in [0, 0.05) is 29.9 Å². The smallest absolute Gasteiger partial charge is 0.241 e. The lowest BCUT2D eigenvalue weighted by atomic mass is 10.1. The van der Waals surface area contributed by atoms with Gasteiger partial charge in [-0.05, 0) is 61.9 Å². The maximum Gasteiger partial charge on any atom is 0.241 e. The molecule has 0 bridgehead atoms. The average molecular weight is 468 g/mol. The van der Waals surface area contributed by atoms with Gasteiger partial charge in [-0.2, -0.15) is 0 Å². The van der Waals surface area contributed by atoms with E-state index in [1.165, 1.54) is 12.1 Å². The third kappa shape index (κ3) is 4.78. The Morgan fingerprint density at radius 3 is 2.85 bits per heavy atom. The third-order valence-corrected chi connectivity index (χ3v) is 7.85. The van der Waals surface area contributed by atoms with Gasteiger partial charge in [-0.15, -0.1) is 0 Å². The summed E-state index contributed by atoms with van der Waals surface area (Å²) >= 11 is 0. The zero-order chi connectivity index (χ0) is 22.8. The van der Waals surface area contributed by atoms with E-state index < -0.39 is 10.0 Å². The van der Waals surface area contributed by atoms with Crippen molar-refractivity contribution in [3.8, 4) is 0 Å². The highest BCUT2D eigenvalue weighted by molar-refractivity contribution is 7.89. The van der Waals surface area contributed by atoms with Crippen molar-refractivity contribution >= 4 is 31.8 Å². The Labute approximate surface area is 192 Å². The van der Waals surface area contributed by atoms with E-state index in [4.69, 9.17) is 4.52 Å². The molecule has 172 valence electrons. The van der Waals surface area contributed by atoms with Crippen molar-refractivity contribution in [2.75, 3.05) is 26.2 Å². The Balaban J connectivity index is 1.13. The SMILES string of the molecule is O=S(=O)(NCC1CCN(CCCc2noc3cc(F)ccc23)C1)c1cccc2ccccc12. The number of likely N-dealkylation sites (tertiary alicyclic amines) is 1. The highest BCUT2D eigenvalue weighted by atomic mass is 32.2. The Morgan fingerprint density at radius 1 is 1.09 bits per heavy atom. The van der Waals surface area contributed by atoms with Gasteiger partial charge in [0.25, 0.3) is 0 Å². The van der Waals surface area contributed by atoms with Crippen LogP contribution in [0.2, 0.25) is 0 Å². The number of benzene rings is 3. The highest BCUT2D eigenvalue weighted by Gasteiger charge is 2.25. The maximum absolute atomic E-state index is 13.3. The summed E-state index contributed by atoms with van der Waals surface area (Å²) < 4.78 is 47.3.